The molecule has 1 amide bonds. The van der Waals surface area contributed by atoms with Gasteiger partial charge in [-0.1, -0.05) is 35.4 Å². The zero-order valence-corrected chi connectivity index (χ0v) is 19.9. The molecular formula is C26H27ClN2O5. The van der Waals surface area contributed by atoms with E-state index >= 15 is 0 Å². The molecule has 178 valence electrons. The van der Waals surface area contributed by atoms with Crippen LogP contribution in [0.3, 0.4) is 0 Å². The minimum Gasteiger partial charge on any atom is -0.493 e. The molecule has 0 atom stereocenters. The first kappa shape index (κ1) is 25.1. The first-order valence-corrected chi connectivity index (χ1v) is 11.1. The molecule has 0 radical (unpaired) electrons. The fraction of sp³-hybridized carbons (Fsp3) is 0.231. The zero-order chi connectivity index (χ0) is 24.2. The van der Waals surface area contributed by atoms with Gasteiger partial charge in [-0.3, -0.25) is 4.79 Å². The van der Waals surface area contributed by atoms with Crippen molar-refractivity contribution in [3.05, 3.63) is 88.4 Å². The molecule has 7 nitrogen and oxygen atoms in total. The molecule has 0 aliphatic heterocycles. The van der Waals surface area contributed by atoms with Crippen LogP contribution < -0.4 is 19.6 Å². The highest BCUT2D eigenvalue weighted by atomic mass is 35.5. The van der Waals surface area contributed by atoms with Crippen LogP contribution in [-0.2, 0) is 4.74 Å². The second-order valence-electron chi connectivity index (χ2n) is 7.24. The van der Waals surface area contributed by atoms with E-state index in [2.05, 4.69) is 10.5 Å². The van der Waals surface area contributed by atoms with Crippen LogP contribution in [0.4, 0.5) is 0 Å². The maximum absolute atomic E-state index is 12.1. The Labute approximate surface area is 204 Å². The average Bonchev–Trinajstić information content (AvgIpc) is 2.85. The largest absolute Gasteiger partial charge is 0.493 e. The molecule has 3 rings (SSSR count). The smallest absolute Gasteiger partial charge is 0.271 e. The molecule has 0 aliphatic rings. The van der Waals surface area contributed by atoms with E-state index in [9.17, 15) is 4.79 Å². The monoisotopic (exact) mass is 482 g/mol. The Hall–Kier alpha value is -3.55. The second-order valence-corrected chi connectivity index (χ2v) is 7.68. The summed E-state index contributed by atoms with van der Waals surface area (Å²) in [5.74, 6) is 1.60. The maximum atomic E-state index is 12.1. The van der Waals surface area contributed by atoms with Crippen LogP contribution in [-0.4, -0.2) is 45.7 Å². The lowest BCUT2D eigenvalue weighted by Crippen LogP contribution is -2.17. The van der Waals surface area contributed by atoms with Crippen molar-refractivity contribution in [1.82, 2.24) is 5.43 Å². The Morgan fingerprint density at radius 1 is 0.941 bits per heavy atom. The number of carbonyl (C=O) groups excluding carboxylic acids is 1. The highest BCUT2D eigenvalue weighted by molar-refractivity contribution is 6.30. The summed E-state index contributed by atoms with van der Waals surface area (Å²) < 4.78 is 22.3. The van der Waals surface area contributed by atoms with Gasteiger partial charge in [0, 0.05) is 10.6 Å². The SMILES string of the molecule is COc1cc(C=NNC(=O)c2cccc(Cl)c2)ccc1OCCOCCOc1ccc(C)cc1. The summed E-state index contributed by atoms with van der Waals surface area (Å²) in [5, 5.41) is 4.47. The second kappa shape index (κ2) is 13.2. The van der Waals surface area contributed by atoms with Gasteiger partial charge in [-0.05, 0) is 61.0 Å². The number of benzene rings is 3. The zero-order valence-electron chi connectivity index (χ0n) is 19.1. The fourth-order valence-electron chi connectivity index (χ4n) is 2.91. The number of amides is 1. The van der Waals surface area contributed by atoms with Gasteiger partial charge in [-0.25, -0.2) is 5.43 Å². The predicted octanol–water partition coefficient (Wildman–Crippen LogP) is 4.90. The summed E-state index contributed by atoms with van der Waals surface area (Å²) in [6.45, 7) is 3.74. The van der Waals surface area contributed by atoms with E-state index in [-0.39, 0.29) is 5.91 Å². The Kier molecular flexibility index (Phi) is 9.76. The first-order chi connectivity index (χ1) is 16.5. The van der Waals surface area contributed by atoms with Crippen molar-refractivity contribution >= 4 is 23.7 Å². The lowest BCUT2D eigenvalue weighted by atomic mass is 10.2. The van der Waals surface area contributed by atoms with Gasteiger partial charge in [0.1, 0.15) is 19.0 Å². The molecule has 0 saturated heterocycles. The van der Waals surface area contributed by atoms with E-state index in [4.69, 9.17) is 30.5 Å². The number of nitrogens with one attached hydrogen (secondary N) is 1. The topological polar surface area (TPSA) is 78.4 Å². The maximum Gasteiger partial charge on any atom is 0.271 e. The molecule has 0 aromatic heterocycles. The van der Waals surface area contributed by atoms with E-state index < -0.39 is 0 Å². The van der Waals surface area contributed by atoms with Crippen LogP contribution in [0.5, 0.6) is 17.2 Å². The average molecular weight is 483 g/mol. The molecule has 3 aromatic rings. The standard InChI is InChI=1S/C26H27ClN2O5/c1-19-6-9-23(10-7-19)33-14-12-32-13-15-34-24-11-8-20(16-25(24)31-2)18-28-29-26(30)21-4-3-5-22(27)17-21/h3-11,16-18H,12-15H2,1-2H3,(H,29,30). The van der Waals surface area contributed by atoms with Crippen molar-refractivity contribution in [3.8, 4) is 17.2 Å². The predicted molar refractivity (Wildman–Crippen MR) is 132 cm³/mol. The molecule has 3 aromatic carbocycles. The third kappa shape index (κ3) is 8.10. The van der Waals surface area contributed by atoms with Crippen LogP contribution in [0.2, 0.25) is 5.02 Å². The Balaban J connectivity index is 1.39. The van der Waals surface area contributed by atoms with E-state index in [0.717, 1.165) is 11.3 Å². The minimum absolute atomic E-state index is 0.352. The van der Waals surface area contributed by atoms with Gasteiger partial charge in [-0.2, -0.15) is 5.10 Å². The highest BCUT2D eigenvalue weighted by Gasteiger charge is 2.07. The van der Waals surface area contributed by atoms with E-state index in [0.29, 0.717) is 48.5 Å². The number of hydrogen-bond donors (Lipinski definition) is 1. The van der Waals surface area contributed by atoms with Gasteiger partial charge in [0.25, 0.3) is 5.91 Å². The van der Waals surface area contributed by atoms with Gasteiger partial charge in [0.05, 0.1) is 26.5 Å². The van der Waals surface area contributed by atoms with Crippen LogP contribution >= 0.6 is 11.6 Å². The van der Waals surface area contributed by atoms with Crippen molar-refractivity contribution in [2.45, 2.75) is 6.92 Å². The molecule has 0 bridgehead atoms. The molecule has 1 N–H and O–H groups in total. The summed E-state index contributed by atoms with van der Waals surface area (Å²) in [4.78, 5) is 12.1. The summed E-state index contributed by atoms with van der Waals surface area (Å²) >= 11 is 5.90. The highest BCUT2D eigenvalue weighted by Crippen LogP contribution is 2.27. The molecule has 0 heterocycles. The number of carbonyl (C=O) groups is 1. The Bertz CT molecular complexity index is 1100. The molecule has 0 fully saturated rings. The lowest BCUT2D eigenvalue weighted by molar-refractivity contribution is 0.0757. The first-order valence-electron chi connectivity index (χ1n) is 10.7. The number of aryl methyl sites for hydroxylation is 1. The number of rotatable bonds is 12. The fourth-order valence-corrected chi connectivity index (χ4v) is 3.10. The van der Waals surface area contributed by atoms with Gasteiger partial charge >= 0.3 is 0 Å². The number of hydrogen-bond acceptors (Lipinski definition) is 6. The number of ether oxygens (including phenoxy) is 4. The summed E-state index contributed by atoms with van der Waals surface area (Å²) in [5.41, 5.74) is 4.83. The lowest BCUT2D eigenvalue weighted by Gasteiger charge is -2.12. The third-order valence-electron chi connectivity index (χ3n) is 4.66. The van der Waals surface area contributed by atoms with Crippen molar-refractivity contribution in [1.29, 1.82) is 0 Å². The molecule has 34 heavy (non-hydrogen) atoms. The van der Waals surface area contributed by atoms with Crippen LogP contribution in [0.1, 0.15) is 21.5 Å². The van der Waals surface area contributed by atoms with Gasteiger partial charge in [0.2, 0.25) is 0 Å². The number of methoxy groups -OCH3 is 1. The third-order valence-corrected chi connectivity index (χ3v) is 4.89. The minimum atomic E-state index is -0.352. The van der Waals surface area contributed by atoms with E-state index in [1.54, 1.807) is 43.5 Å². The number of hydrazone groups is 1. The van der Waals surface area contributed by atoms with Crippen LogP contribution in [0.15, 0.2) is 71.8 Å². The molecule has 0 unspecified atom stereocenters. The van der Waals surface area contributed by atoms with Gasteiger partial charge < -0.3 is 18.9 Å². The Morgan fingerprint density at radius 2 is 1.71 bits per heavy atom. The normalized spacial score (nSPS) is 10.8. The van der Waals surface area contributed by atoms with Crippen LogP contribution in [0.25, 0.3) is 0 Å². The van der Waals surface area contributed by atoms with Crippen molar-refractivity contribution in [2.75, 3.05) is 33.5 Å². The molecular weight excluding hydrogens is 456 g/mol. The van der Waals surface area contributed by atoms with Crippen molar-refractivity contribution in [3.63, 3.8) is 0 Å². The Morgan fingerprint density at radius 3 is 2.44 bits per heavy atom. The van der Waals surface area contributed by atoms with E-state index in [1.165, 1.54) is 11.8 Å². The van der Waals surface area contributed by atoms with Crippen molar-refractivity contribution in [2.24, 2.45) is 5.10 Å². The summed E-state index contributed by atoms with van der Waals surface area (Å²) in [7, 11) is 1.56. The molecule has 0 spiro atoms. The number of halogens is 1. The molecule has 0 saturated carbocycles. The molecule has 8 heteroatoms. The van der Waals surface area contributed by atoms with Gasteiger partial charge in [0.15, 0.2) is 11.5 Å². The quantitative estimate of drug-likeness (QED) is 0.226. The van der Waals surface area contributed by atoms with Crippen molar-refractivity contribution < 1.29 is 23.7 Å². The van der Waals surface area contributed by atoms with Crippen LogP contribution in [0, 0.1) is 6.92 Å². The summed E-state index contributed by atoms with van der Waals surface area (Å²) in [6, 6.07) is 19.9. The van der Waals surface area contributed by atoms with Gasteiger partial charge in [-0.15, -0.1) is 0 Å². The van der Waals surface area contributed by atoms with E-state index in [1.807, 2.05) is 37.3 Å². The number of nitrogens with zero attached hydrogens (tertiary/aromatic N) is 1. The summed E-state index contributed by atoms with van der Waals surface area (Å²) in [6.07, 6.45) is 1.52. The molecule has 0 aliphatic carbocycles.